The molecule has 0 radical (unpaired) electrons. The molecule has 0 saturated heterocycles. The highest BCUT2D eigenvalue weighted by Gasteiger charge is 2.16. The van der Waals surface area contributed by atoms with E-state index in [1.165, 1.54) is 12.4 Å². The first-order valence-electron chi connectivity index (χ1n) is 6.89. The van der Waals surface area contributed by atoms with Crippen molar-refractivity contribution in [1.82, 2.24) is 19.4 Å². The zero-order valence-corrected chi connectivity index (χ0v) is 13.5. The minimum absolute atomic E-state index is 0.180. The molecule has 0 aliphatic rings. The predicted molar refractivity (Wildman–Crippen MR) is 80.5 cm³/mol. The standard InChI is InChI=1S/C12H25N5O3S/c1-16(8-9-20-2)7-5-15-21(18,19)12-10-14-17(11-12)6-3-4-13/h10-11,15H,3-9,13H2,1-2H3. The van der Waals surface area contributed by atoms with Crippen LogP contribution in [-0.2, 0) is 21.3 Å². The lowest BCUT2D eigenvalue weighted by Gasteiger charge is -2.15. The summed E-state index contributed by atoms with van der Waals surface area (Å²) in [6.45, 7) is 3.51. The lowest BCUT2D eigenvalue weighted by atomic mass is 10.4. The summed E-state index contributed by atoms with van der Waals surface area (Å²) in [5.74, 6) is 0. The molecule has 0 unspecified atom stereocenters. The number of nitrogens with two attached hydrogens (primary N) is 1. The first-order chi connectivity index (χ1) is 9.99. The van der Waals surface area contributed by atoms with Crippen molar-refractivity contribution in [3.63, 3.8) is 0 Å². The molecule has 0 atom stereocenters. The number of aromatic nitrogens is 2. The number of rotatable bonds is 11. The largest absolute Gasteiger partial charge is 0.383 e. The third-order valence-corrected chi connectivity index (χ3v) is 4.39. The SMILES string of the molecule is COCCN(C)CCNS(=O)(=O)c1cnn(CCCN)c1. The Hall–Kier alpha value is -1.00. The topological polar surface area (TPSA) is 102 Å². The van der Waals surface area contributed by atoms with Gasteiger partial charge in [0.05, 0.1) is 12.8 Å². The molecule has 0 aliphatic heterocycles. The Kier molecular flexibility index (Phi) is 7.83. The molecule has 3 N–H and O–H groups in total. The van der Waals surface area contributed by atoms with E-state index in [9.17, 15) is 8.42 Å². The zero-order chi connectivity index (χ0) is 15.7. The molecule has 1 heterocycles. The summed E-state index contributed by atoms with van der Waals surface area (Å²) < 4.78 is 33.3. The number of nitrogens with one attached hydrogen (secondary N) is 1. The fourth-order valence-electron chi connectivity index (χ4n) is 1.67. The molecule has 0 aliphatic carbocycles. The molecule has 0 fully saturated rings. The second-order valence-electron chi connectivity index (χ2n) is 4.78. The van der Waals surface area contributed by atoms with Crippen LogP contribution < -0.4 is 10.5 Å². The number of ether oxygens (including phenoxy) is 1. The molecule has 9 heteroatoms. The van der Waals surface area contributed by atoms with E-state index < -0.39 is 10.0 Å². The second-order valence-corrected chi connectivity index (χ2v) is 6.54. The van der Waals surface area contributed by atoms with Crippen LogP contribution in [0, 0.1) is 0 Å². The number of methoxy groups -OCH3 is 1. The molecule has 0 bridgehead atoms. The number of likely N-dealkylation sites (N-methyl/N-ethyl adjacent to an activating group) is 1. The Balaban J connectivity index is 2.44. The van der Waals surface area contributed by atoms with E-state index in [4.69, 9.17) is 10.5 Å². The fraction of sp³-hybridized carbons (Fsp3) is 0.750. The predicted octanol–water partition coefficient (Wildman–Crippen LogP) is -0.912. The van der Waals surface area contributed by atoms with E-state index in [1.54, 1.807) is 11.8 Å². The molecule has 0 spiro atoms. The summed E-state index contributed by atoms with van der Waals surface area (Å²) in [4.78, 5) is 2.18. The van der Waals surface area contributed by atoms with Crippen LogP contribution in [-0.4, -0.2) is 70.0 Å². The first kappa shape index (κ1) is 18.1. The highest BCUT2D eigenvalue weighted by atomic mass is 32.2. The number of aryl methyl sites for hydroxylation is 1. The van der Waals surface area contributed by atoms with Crippen LogP contribution >= 0.6 is 0 Å². The van der Waals surface area contributed by atoms with Gasteiger partial charge in [-0.25, -0.2) is 13.1 Å². The van der Waals surface area contributed by atoms with Gasteiger partial charge in [0.1, 0.15) is 4.90 Å². The van der Waals surface area contributed by atoms with Gasteiger partial charge in [0, 0.05) is 39.5 Å². The molecule has 1 aromatic heterocycles. The molecule has 0 aromatic carbocycles. The van der Waals surface area contributed by atoms with E-state index in [0.29, 0.717) is 32.8 Å². The quantitative estimate of drug-likeness (QED) is 0.547. The summed E-state index contributed by atoms with van der Waals surface area (Å²) in [5.41, 5.74) is 5.41. The van der Waals surface area contributed by atoms with Crippen LogP contribution in [0.4, 0.5) is 0 Å². The van der Waals surface area contributed by atoms with Crippen LogP contribution in [0.25, 0.3) is 0 Å². The van der Waals surface area contributed by atoms with Gasteiger partial charge in [-0.3, -0.25) is 4.68 Å². The van der Waals surface area contributed by atoms with E-state index in [2.05, 4.69) is 9.82 Å². The van der Waals surface area contributed by atoms with Crippen LogP contribution in [0.2, 0.25) is 0 Å². The van der Waals surface area contributed by atoms with Crippen LogP contribution in [0.5, 0.6) is 0 Å². The lowest BCUT2D eigenvalue weighted by Crippen LogP contribution is -2.34. The van der Waals surface area contributed by atoms with Crippen molar-refractivity contribution in [2.75, 3.05) is 46.9 Å². The van der Waals surface area contributed by atoms with Crippen molar-refractivity contribution in [3.8, 4) is 0 Å². The monoisotopic (exact) mass is 319 g/mol. The summed E-state index contributed by atoms with van der Waals surface area (Å²) in [6.07, 6.45) is 3.64. The molecule has 122 valence electrons. The van der Waals surface area contributed by atoms with E-state index in [-0.39, 0.29) is 4.90 Å². The third kappa shape index (κ3) is 6.53. The van der Waals surface area contributed by atoms with Crippen molar-refractivity contribution >= 4 is 10.0 Å². The maximum absolute atomic E-state index is 12.1. The number of hydrogen-bond acceptors (Lipinski definition) is 6. The van der Waals surface area contributed by atoms with E-state index >= 15 is 0 Å². The Morgan fingerprint density at radius 1 is 1.48 bits per heavy atom. The summed E-state index contributed by atoms with van der Waals surface area (Å²) in [5, 5.41) is 4.02. The fourth-order valence-corrected chi connectivity index (χ4v) is 2.65. The van der Waals surface area contributed by atoms with Crippen molar-refractivity contribution in [3.05, 3.63) is 12.4 Å². The summed E-state index contributed by atoms with van der Waals surface area (Å²) in [6, 6.07) is 0. The Bertz CT molecular complexity index is 503. The molecule has 0 amide bonds. The van der Waals surface area contributed by atoms with Crippen LogP contribution in [0.3, 0.4) is 0 Å². The molecule has 1 rings (SSSR count). The summed E-state index contributed by atoms with van der Waals surface area (Å²) >= 11 is 0. The molecular formula is C12H25N5O3S. The van der Waals surface area contributed by atoms with Gasteiger partial charge in [-0.1, -0.05) is 0 Å². The van der Waals surface area contributed by atoms with Gasteiger partial charge in [-0.2, -0.15) is 5.10 Å². The molecule has 1 aromatic rings. The maximum atomic E-state index is 12.1. The molecule has 0 saturated carbocycles. The van der Waals surface area contributed by atoms with Gasteiger partial charge in [0.25, 0.3) is 0 Å². The van der Waals surface area contributed by atoms with Gasteiger partial charge in [0.15, 0.2) is 0 Å². The highest BCUT2D eigenvalue weighted by Crippen LogP contribution is 2.06. The Morgan fingerprint density at radius 2 is 2.24 bits per heavy atom. The van der Waals surface area contributed by atoms with Crippen molar-refractivity contribution in [2.24, 2.45) is 5.73 Å². The van der Waals surface area contributed by atoms with Crippen LogP contribution in [0.15, 0.2) is 17.3 Å². The molecule has 8 nitrogen and oxygen atoms in total. The van der Waals surface area contributed by atoms with E-state index in [1.807, 2.05) is 11.9 Å². The lowest BCUT2D eigenvalue weighted by molar-refractivity contribution is 0.162. The summed E-state index contributed by atoms with van der Waals surface area (Å²) in [7, 11) is 0.0495. The second kappa shape index (κ2) is 9.11. The average Bonchev–Trinajstić information content (AvgIpc) is 2.92. The van der Waals surface area contributed by atoms with E-state index in [0.717, 1.165) is 13.0 Å². The van der Waals surface area contributed by atoms with Crippen molar-refractivity contribution in [1.29, 1.82) is 0 Å². The maximum Gasteiger partial charge on any atom is 0.243 e. The Morgan fingerprint density at radius 3 is 2.90 bits per heavy atom. The molecule has 21 heavy (non-hydrogen) atoms. The highest BCUT2D eigenvalue weighted by molar-refractivity contribution is 7.89. The number of hydrogen-bond donors (Lipinski definition) is 2. The third-order valence-electron chi connectivity index (χ3n) is 2.97. The zero-order valence-electron chi connectivity index (χ0n) is 12.7. The number of sulfonamides is 1. The van der Waals surface area contributed by atoms with Gasteiger partial charge < -0.3 is 15.4 Å². The van der Waals surface area contributed by atoms with Gasteiger partial charge >= 0.3 is 0 Å². The first-order valence-corrected chi connectivity index (χ1v) is 8.37. The molecular weight excluding hydrogens is 294 g/mol. The Labute approximate surface area is 126 Å². The number of nitrogens with zero attached hydrogens (tertiary/aromatic N) is 3. The van der Waals surface area contributed by atoms with Crippen molar-refractivity contribution < 1.29 is 13.2 Å². The minimum atomic E-state index is -3.50. The van der Waals surface area contributed by atoms with Crippen LogP contribution in [0.1, 0.15) is 6.42 Å². The normalized spacial score (nSPS) is 12.2. The van der Waals surface area contributed by atoms with Crippen molar-refractivity contribution in [2.45, 2.75) is 17.9 Å². The van der Waals surface area contributed by atoms with Gasteiger partial charge in [-0.15, -0.1) is 0 Å². The minimum Gasteiger partial charge on any atom is -0.383 e. The average molecular weight is 319 g/mol. The van der Waals surface area contributed by atoms with Gasteiger partial charge in [-0.05, 0) is 20.0 Å². The van der Waals surface area contributed by atoms with Gasteiger partial charge in [0.2, 0.25) is 10.0 Å². The smallest absolute Gasteiger partial charge is 0.243 e.